The van der Waals surface area contributed by atoms with Crippen molar-refractivity contribution in [3.05, 3.63) is 71.9 Å². The second-order valence-corrected chi connectivity index (χ2v) is 8.33. The van der Waals surface area contributed by atoms with E-state index >= 15 is 0 Å². The van der Waals surface area contributed by atoms with Gasteiger partial charge < -0.3 is 5.32 Å². The van der Waals surface area contributed by atoms with Crippen molar-refractivity contribution in [3.63, 3.8) is 0 Å². The molecule has 1 aromatic heterocycles. The minimum absolute atomic E-state index is 0.353. The normalized spacial score (nSPS) is 11.6. The number of sulfonamides is 1. The Labute approximate surface area is 160 Å². The summed E-state index contributed by atoms with van der Waals surface area (Å²) in [5, 5.41) is 8.06. The van der Waals surface area contributed by atoms with Crippen molar-refractivity contribution in [2.24, 2.45) is 0 Å². The molecule has 0 bridgehead atoms. The minimum Gasteiger partial charge on any atom is -0.311 e. The summed E-state index contributed by atoms with van der Waals surface area (Å²) in [5.74, 6) is 0. The SMILES string of the molecule is Cc1ccc(-c2nn(-c3ccccc3)cc2CNCCNS(C)(=O)=O)cc1. The highest BCUT2D eigenvalue weighted by Crippen LogP contribution is 2.24. The summed E-state index contributed by atoms with van der Waals surface area (Å²) in [7, 11) is -3.16. The minimum atomic E-state index is -3.16. The molecule has 0 unspecified atom stereocenters. The molecule has 27 heavy (non-hydrogen) atoms. The summed E-state index contributed by atoms with van der Waals surface area (Å²) < 4.78 is 26.6. The van der Waals surface area contributed by atoms with Crippen LogP contribution in [0.3, 0.4) is 0 Å². The lowest BCUT2D eigenvalue weighted by atomic mass is 10.1. The third-order valence-electron chi connectivity index (χ3n) is 4.12. The molecule has 0 spiro atoms. The maximum atomic E-state index is 11.1. The van der Waals surface area contributed by atoms with E-state index in [4.69, 9.17) is 5.10 Å². The molecule has 0 aliphatic carbocycles. The van der Waals surface area contributed by atoms with Crippen LogP contribution in [0.2, 0.25) is 0 Å². The smallest absolute Gasteiger partial charge is 0.208 e. The molecule has 7 heteroatoms. The number of nitrogens with one attached hydrogen (secondary N) is 2. The number of nitrogens with zero attached hydrogens (tertiary/aromatic N) is 2. The van der Waals surface area contributed by atoms with Crippen LogP contribution in [-0.4, -0.2) is 37.5 Å². The van der Waals surface area contributed by atoms with Crippen molar-refractivity contribution in [1.82, 2.24) is 19.8 Å². The largest absolute Gasteiger partial charge is 0.311 e. The lowest BCUT2D eigenvalue weighted by Gasteiger charge is -2.06. The first-order valence-electron chi connectivity index (χ1n) is 8.79. The molecule has 1 heterocycles. The molecule has 0 saturated heterocycles. The van der Waals surface area contributed by atoms with E-state index in [0.717, 1.165) is 28.8 Å². The lowest BCUT2D eigenvalue weighted by Crippen LogP contribution is -2.30. The van der Waals surface area contributed by atoms with Gasteiger partial charge in [-0.25, -0.2) is 17.8 Å². The van der Waals surface area contributed by atoms with E-state index in [9.17, 15) is 8.42 Å². The van der Waals surface area contributed by atoms with Crippen LogP contribution in [0.1, 0.15) is 11.1 Å². The van der Waals surface area contributed by atoms with Crippen molar-refractivity contribution < 1.29 is 8.42 Å². The molecule has 0 atom stereocenters. The maximum Gasteiger partial charge on any atom is 0.208 e. The molecular weight excluding hydrogens is 360 g/mol. The number of benzene rings is 2. The van der Waals surface area contributed by atoms with E-state index in [0.29, 0.717) is 19.6 Å². The Morgan fingerprint density at radius 2 is 1.70 bits per heavy atom. The molecule has 0 amide bonds. The zero-order valence-corrected chi connectivity index (χ0v) is 16.3. The van der Waals surface area contributed by atoms with Gasteiger partial charge in [0.05, 0.1) is 17.6 Å². The first kappa shape index (κ1) is 19.3. The molecule has 0 aliphatic rings. The molecule has 3 aromatic rings. The summed E-state index contributed by atoms with van der Waals surface area (Å²) >= 11 is 0. The van der Waals surface area contributed by atoms with Crippen LogP contribution in [-0.2, 0) is 16.6 Å². The molecule has 0 fully saturated rings. The Balaban J connectivity index is 1.80. The molecule has 2 N–H and O–H groups in total. The molecule has 0 saturated carbocycles. The van der Waals surface area contributed by atoms with Gasteiger partial charge in [0, 0.05) is 37.0 Å². The van der Waals surface area contributed by atoms with Crippen LogP contribution in [0, 0.1) is 6.92 Å². The second kappa shape index (κ2) is 8.47. The van der Waals surface area contributed by atoms with Crippen LogP contribution >= 0.6 is 0 Å². The topological polar surface area (TPSA) is 76.0 Å². The van der Waals surface area contributed by atoms with E-state index < -0.39 is 10.0 Å². The number of para-hydroxylation sites is 1. The summed E-state index contributed by atoms with van der Waals surface area (Å²) in [6.45, 7) is 3.55. The van der Waals surface area contributed by atoms with Crippen molar-refractivity contribution in [2.45, 2.75) is 13.5 Å². The molecule has 142 valence electrons. The summed E-state index contributed by atoms with van der Waals surface area (Å²) in [6.07, 6.45) is 3.17. The van der Waals surface area contributed by atoms with Crippen LogP contribution in [0.5, 0.6) is 0 Å². The Kier molecular flexibility index (Phi) is 6.05. The fourth-order valence-corrected chi connectivity index (χ4v) is 3.23. The number of aryl methyl sites for hydroxylation is 1. The standard InChI is InChI=1S/C20H24N4O2S/c1-16-8-10-17(11-9-16)20-18(14-21-12-13-22-27(2,25)26)15-24(23-20)19-6-4-3-5-7-19/h3-11,15,21-22H,12-14H2,1-2H3. The van der Waals surface area contributed by atoms with Crippen LogP contribution in [0.4, 0.5) is 0 Å². The average Bonchev–Trinajstić information content (AvgIpc) is 3.06. The van der Waals surface area contributed by atoms with Gasteiger partial charge >= 0.3 is 0 Å². The first-order valence-corrected chi connectivity index (χ1v) is 10.7. The number of hydrogen-bond acceptors (Lipinski definition) is 4. The van der Waals surface area contributed by atoms with Gasteiger partial charge in [-0.3, -0.25) is 0 Å². The zero-order valence-electron chi connectivity index (χ0n) is 15.5. The maximum absolute atomic E-state index is 11.1. The van der Waals surface area contributed by atoms with Gasteiger partial charge in [-0.05, 0) is 19.1 Å². The zero-order chi connectivity index (χ0) is 19.3. The Bertz CT molecular complexity index is 981. The number of rotatable bonds is 8. The number of hydrogen-bond donors (Lipinski definition) is 2. The van der Waals surface area contributed by atoms with Gasteiger partial charge in [0.2, 0.25) is 10.0 Å². The quantitative estimate of drug-likeness (QED) is 0.585. The highest BCUT2D eigenvalue weighted by atomic mass is 32.2. The predicted octanol–water partition coefficient (Wildman–Crippen LogP) is 2.49. The lowest BCUT2D eigenvalue weighted by molar-refractivity contribution is 0.582. The molecular formula is C20H24N4O2S. The van der Waals surface area contributed by atoms with E-state index in [1.54, 1.807) is 0 Å². The molecule has 2 aromatic carbocycles. The highest BCUT2D eigenvalue weighted by Gasteiger charge is 2.12. The van der Waals surface area contributed by atoms with E-state index in [1.807, 2.05) is 41.2 Å². The summed E-state index contributed by atoms with van der Waals surface area (Å²) in [5.41, 5.74) is 5.23. The third kappa shape index (κ3) is 5.50. The fourth-order valence-electron chi connectivity index (χ4n) is 2.75. The average molecular weight is 385 g/mol. The van der Waals surface area contributed by atoms with Crippen LogP contribution < -0.4 is 10.0 Å². The van der Waals surface area contributed by atoms with Crippen molar-refractivity contribution in [2.75, 3.05) is 19.3 Å². The van der Waals surface area contributed by atoms with Crippen LogP contribution in [0.15, 0.2) is 60.8 Å². The van der Waals surface area contributed by atoms with E-state index in [1.165, 1.54) is 5.56 Å². The first-order chi connectivity index (χ1) is 12.9. The van der Waals surface area contributed by atoms with E-state index in [-0.39, 0.29) is 0 Å². The van der Waals surface area contributed by atoms with Gasteiger partial charge in [0.1, 0.15) is 0 Å². The van der Waals surface area contributed by atoms with E-state index in [2.05, 4.69) is 41.2 Å². The van der Waals surface area contributed by atoms with Crippen molar-refractivity contribution >= 4 is 10.0 Å². The monoisotopic (exact) mass is 384 g/mol. The molecule has 3 rings (SSSR count). The predicted molar refractivity (Wildman–Crippen MR) is 108 cm³/mol. The Morgan fingerprint density at radius 3 is 2.37 bits per heavy atom. The van der Waals surface area contributed by atoms with Gasteiger partial charge in [-0.1, -0.05) is 48.0 Å². The second-order valence-electron chi connectivity index (χ2n) is 6.49. The van der Waals surface area contributed by atoms with Gasteiger partial charge in [0.15, 0.2) is 0 Å². The fraction of sp³-hybridized carbons (Fsp3) is 0.250. The van der Waals surface area contributed by atoms with Crippen molar-refractivity contribution in [3.8, 4) is 16.9 Å². The van der Waals surface area contributed by atoms with Crippen LogP contribution in [0.25, 0.3) is 16.9 Å². The highest BCUT2D eigenvalue weighted by molar-refractivity contribution is 7.88. The Morgan fingerprint density at radius 1 is 1.00 bits per heavy atom. The molecule has 6 nitrogen and oxygen atoms in total. The number of aromatic nitrogens is 2. The van der Waals surface area contributed by atoms with Gasteiger partial charge in [-0.2, -0.15) is 5.10 Å². The summed E-state index contributed by atoms with van der Waals surface area (Å²) in [6, 6.07) is 18.3. The summed E-state index contributed by atoms with van der Waals surface area (Å²) in [4.78, 5) is 0. The third-order valence-corrected chi connectivity index (χ3v) is 4.85. The molecule has 0 radical (unpaired) electrons. The Hall–Kier alpha value is -2.48. The van der Waals surface area contributed by atoms with Gasteiger partial charge in [-0.15, -0.1) is 0 Å². The molecule has 0 aliphatic heterocycles. The van der Waals surface area contributed by atoms with Gasteiger partial charge in [0.25, 0.3) is 0 Å². The van der Waals surface area contributed by atoms with Crippen molar-refractivity contribution in [1.29, 1.82) is 0 Å².